The molecule has 222 valence electrons. The van der Waals surface area contributed by atoms with Gasteiger partial charge in [-0.3, -0.25) is 9.59 Å². The Labute approximate surface area is 256 Å². The van der Waals surface area contributed by atoms with E-state index >= 15 is 0 Å². The van der Waals surface area contributed by atoms with Gasteiger partial charge in [0.15, 0.2) is 11.6 Å². The number of nitrogen functional groups attached to an aromatic ring is 1. The number of ether oxygens (including phenoxy) is 1. The lowest BCUT2D eigenvalue weighted by molar-refractivity contribution is -0.153. The second-order valence-corrected chi connectivity index (χ2v) is 11.7. The Kier molecular flexibility index (Phi) is 9.82. The minimum atomic E-state index is -0.394. The van der Waals surface area contributed by atoms with E-state index in [4.69, 9.17) is 33.7 Å². The molecule has 1 aromatic heterocycles. The van der Waals surface area contributed by atoms with E-state index in [-0.39, 0.29) is 29.8 Å². The molecule has 2 heterocycles. The molecule has 1 aliphatic heterocycles. The van der Waals surface area contributed by atoms with Crippen LogP contribution >= 0.6 is 23.2 Å². The fourth-order valence-electron chi connectivity index (χ4n) is 5.63. The largest absolute Gasteiger partial charge is 0.461 e. The minimum absolute atomic E-state index is 0.0207. The zero-order valence-electron chi connectivity index (χ0n) is 23.6. The molecule has 0 radical (unpaired) electrons. The van der Waals surface area contributed by atoms with Gasteiger partial charge >= 0.3 is 5.97 Å². The van der Waals surface area contributed by atoms with Crippen molar-refractivity contribution in [1.82, 2.24) is 20.2 Å². The lowest BCUT2D eigenvalue weighted by Crippen LogP contribution is -2.52. The third-order valence-electron chi connectivity index (χ3n) is 7.99. The van der Waals surface area contributed by atoms with Gasteiger partial charge in [0, 0.05) is 47.2 Å². The zero-order chi connectivity index (χ0) is 29.6. The summed E-state index contributed by atoms with van der Waals surface area (Å²) in [5, 5.41) is 7.58. The molecular formula is C31H36Cl2N6O3. The van der Waals surface area contributed by atoms with Crippen LogP contribution in [0.15, 0.2) is 48.7 Å². The van der Waals surface area contributed by atoms with Crippen LogP contribution in [0, 0.1) is 0 Å². The molecule has 42 heavy (non-hydrogen) atoms. The quantitative estimate of drug-likeness (QED) is 0.268. The van der Waals surface area contributed by atoms with Crippen molar-refractivity contribution in [3.8, 4) is 11.3 Å². The van der Waals surface area contributed by atoms with E-state index in [0.717, 1.165) is 48.8 Å². The van der Waals surface area contributed by atoms with Gasteiger partial charge in [0.05, 0.1) is 11.9 Å². The molecule has 1 aliphatic carbocycles. The van der Waals surface area contributed by atoms with Crippen LogP contribution in [0.2, 0.25) is 10.0 Å². The van der Waals surface area contributed by atoms with Gasteiger partial charge < -0.3 is 26.0 Å². The lowest BCUT2D eigenvalue weighted by atomic mass is 9.97. The van der Waals surface area contributed by atoms with Gasteiger partial charge in [0.2, 0.25) is 5.91 Å². The lowest BCUT2D eigenvalue weighted by Gasteiger charge is -2.37. The van der Waals surface area contributed by atoms with Crippen LogP contribution in [-0.4, -0.2) is 51.5 Å². The number of esters is 1. The first-order valence-electron chi connectivity index (χ1n) is 14.4. The average molecular weight is 612 g/mol. The topological polar surface area (TPSA) is 122 Å². The Hall–Kier alpha value is -3.40. The highest BCUT2D eigenvalue weighted by molar-refractivity contribution is 6.36. The third-order valence-corrected chi connectivity index (χ3v) is 8.70. The number of piperidine rings is 1. The van der Waals surface area contributed by atoms with E-state index in [9.17, 15) is 9.59 Å². The summed E-state index contributed by atoms with van der Waals surface area (Å²) in [4.78, 5) is 36.3. The van der Waals surface area contributed by atoms with E-state index in [0.29, 0.717) is 47.6 Å². The number of carbonyl (C=O) groups excluding carboxylic acids is 2. The van der Waals surface area contributed by atoms with Gasteiger partial charge in [-0.1, -0.05) is 53.5 Å². The smallest absolute Gasteiger partial charge is 0.323 e. The van der Waals surface area contributed by atoms with Crippen molar-refractivity contribution < 1.29 is 14.3 Å². The highest BCUT2D eigenvalue weighted by Gasteiger charge is 2.34. The van der Waals surface area contributed by atoms with Gasteiger partial charge in [-0.25, -0.2) is 9.97 Å². The molecule has 1 saturated carbocycles. The monoisotopic (exact) mass is 610 g/mol. The molecular weight excluding hydrogens is 575 g/mol. The van der Waals surface area contributed by atoms with Crippen molar-refractivity contribution in [3.05, 3.63) is 69.8 Å². The second-order valence-electron chi connectivity index (χ2n) is 10.9. The Morgan fingerprint density at radius 3 is 2.50 bits per heavy atom. The Morgan fingerprint density at radius 1 is 1.10 bits per heavy atom. The van der Waals surface area contributed by atoms with Crippen molar-refractivity contribution >= 4 is 46.7 Å². The second kappa shape index (κ2) is 13.7. The van der Waals surface area contributed by atoms with Crippen LogP contribution in [0.25, 0.3) is 11.3 Å². The number of nitrogens with zero attached hydrogens (tertiary/aromatic N) is 3. The number of halogens is 2. The summed E-state index contributed by atoms with van der Waals surface area (Å²) in [6.07, 6.45) is 7.07. The summed E-state index contributed by atoms with van der Waals surface area (Å²) in [6.45, 7) is 3.03. The molecule has 4 N–H and O–H groups in total. The SMILES string of the molecule is CC(=O)N(Cc1ccc(-c2cnc(N)c(NCc3c(Cl)cccc3Cl)n2)cc1)C1CCN[C@@H](C(=O)OC2CCCC2)C1. The number of aromatic nitrogens is 2. The maximum atomic E-state index is 12.8. The summed E-state index contributed by atoms with van der Waals surface area (Å²) in [6, 6.07) is 12.8. The normalized spacial score (nSPS) is 18.9. The summed E-state index contributed by atoms with van der Waals surface area (Å²) in [5.41, 5.74) is 9.31. The number of hydrogen-bond donors (Lipinski definition) is 3. The molecule has 2 aromatic carbocycles. The molecule has 1 unspecified atom stereocenters. The molecule has 0 spiro atoms. The fourth-order valence-corrected chi connectivity index (χ4v) is 6.16. The standard InChI is InChI=1S/C31H36Cl2N6O3/c1-19(40)39(22-13-14-35-27(15-22)31(41)42-23-5-2-3-6-23)18-20-9-11-21(12-10-20)28-17-36-29(34)30(38-28)37-16-24-25(32)7-4-8-26(24)33/h4,7-12,17,22-23,27,35H,2-3,5-6,13-16,18H2,1H3,(H2,34,36)(H,37,38)/t22?,27-/m1/s1. The Morgan fingerprint density at radius 2 is 1.81 bits per heavy atom. The van der Waals surface area contributed by atoms with Gasteiger partial charge in [-0.05, 0) is 62.8 Å². The van der Waals surface area contributed by atoms with E-state index in [1.807, 2.05) is 29.2 Å². The number of nitrogens with two attached hydrogens (primary N) is 1. The van der Waals surface area contributed by atoms with Crippen LogP contribution in [0.4, 0.5) is 11.6 Å². The predicted molar refractivity (Wildman–Crippen MR) is 165 cm³/mol. The van der Waals surface area contributed by atoms with Crippen LogP contribution in [0.1, 0.15) is 56.6 Å². The average Bonchev–Trinajstić information content (AvgIpc) is 3.50. The van der Waals surface area contributed by atoms with Gasteiger partial charge in [-0.15, -0.1) is 0 Å². The molecule has 3 aromatic rings. The van der Waals surface area contributed by atoms with E-state index in [2.05, 4.69) is 20.6 Å². The predicted octanol–water partition coefficient (Wildman–Crippen LogP) is 5.60. The van der Waals surface area contributed by atoms with Crippen LogP contribution in [0.5, 0.6) is 0 Å². The van der Waals surface area contributed by atoms with Crippen LogP contribution < -0.4 is 16.4 Å². The number of amides is 1. The molecule has 2 aliphatic rings. The zero-order valence-corrected chi connectivity index (χ0v) is 25.1. The van der Waals surface area contributed by atoms with Crippen molar-refractivity contribution in [2.45, 2.75) is 76.7 Å². The van der Waals surface area contributed by atoms with Crippen molar-refractivity contribution in [2.75, 3.05) is 17.6 Å². The highest BCUT2D eigenvalue weighted by Crippen LogP contribution is 2.28. The van der Waals surface area contributed by atoms with Gasteiger partial charge in [0.25, 0.3) is 0 Å². The number of anilines is 2. The van der Waals surface area contributed by atoms with Crippen molar-refractivity contribution in [1.29, 1.82) is 0 Å². The van der Waals surface area contributed by atoms with E-state index < -0.39 is 6.04 Å². The van der Waals surface area contributed by atoms with Crippen molar-refractivity contribution in [2.24, 2.45) is 0 Å². The molecule has 5 rings (SSSR count). The Bertz CT molecular complexity index is 1390. The summed E-state index contributed by atoms with van der Waals surface area (Å²) >= 11 is 12.6. The van der Waals surface area contributed by atoms with Crippen molar-refractivity contribution in [3.63, 3.8) is 0 Å². The van der Waals surface area contributed by atoms with Gasteiger partial charge in [-0.2, -0.15) is 0 Å². The number of benzene rings is 2. The molecule has 2 fully saturated rings. The first kappa shape index (κ1) is 30.1. The molecule has 1 saturated heterocycles. The number of hydrogen-bond acceptors (Lipinski definition) is 8. The molecule has 0 bridgehead atoms. The summed E-state index contributed by atoms with van der Waals surface area (Å²) < 4.78 is 5.74. The maximum Gasteiger partial charge on any atom is 0.323 e. The maximum absolute atomic E-state index is 12.8. The number of carbonyl (C=O) groups is 2. The van der Waals surface area contributed by atoms with E-state index in [1.165, 1.54) is 0 Å². The third kappa shape index (κ3) is 7.32. The first-order chi connectivity index (χ1) is 20.3. The highest BCUT2D eigenvalue weighted by atomic mass is 35.5. The summed E-state index contributed by atoms with van der Waals surface area (Å²) in [5.74, 6) is 0.478. The molecule has 1 amide bonds. The molecule has 9 nitrogen and oxygen atoms in total. The molecule has 2 atom stereocenters. The molecule has 11 heteroatoms. The van der Waals surface area contributed by atoms with Gasteiger partial charge in [0.1, 0.15) is 12.1 Å². The van der Waals surface area contributed by atoms with Crippen LogP contribution in [0.3, 0.4) is 0 Å². The number of rotatable bonds is 9. The fraction of sp³-hybridized carbons (Fsp3) is 0.419. The Balaban J connectivity index is 1.23. The van der Waals surface area contributed by atoms with E-state index in [1.54, 1.807) is 31.3 Å². The first-order valence-corrected chi connectivity index (χ1v) is 15.1. The number of nitrogens with one attached hydrogen (secondary N) is 2. The summed E-state index contributed by atoms with van der Waals surface area (Å²) in [7, 11) is 0. The minimum Gasteiger partial charge on any atom is -0.461 e. The van der Waals surface area contributed by atoms with Crippen LogP contribution in [-0.2, 0) is 27.4 Å².